The predicted molar refractivity (Wildman–Crippen MR) is 181 cm³/mol. The number of fused-ring (bicyclic) bond motifs is 1. The Hall–Kier alpha value is -4.49. The molecule has 0 radical (unpaired) electrons. The number of ether oxygens (including phenoxy) is 3. The van der Waals surface area contributed by atoms with E-state index in [9.17, 15) is 19.6 Å². The van der Waals surface area contributed by atoms with Gasteiger partial charge in [-0.05, 0) is 82.2 Å². The van der Waals surface area contributed by atoms with E-state index in [1.54, 1.807) is 51.1 Å². The van der Waals surface area contributed by atoms with E-state index in [4.69, 9.17) is 25.8 Å². The summed E-state index contributed by atoms with van der Waals surface area (Å²) in [5, 5.41) is 23.0. The number of allylic oxidation sites excluding steroid dienone is 1. The predicted octanol–water partition coefficient (Wildman–Crippen LogP) is 7.44. The number of hydrogen-bond acceptors (Lipinski definition) is 8. The fourth-order valence-corrected chi connectivity index (χ4v) is 5.67. The van der Waals surface area contributed by atoms with E-state index in [1.165, 1.54) is 19.2 Å². The molecule has 4 rings (SSSR count). The first-order valence-electron chi connectivity index (χ1n) is 15.4. The first-order valence-corrected chi connectivity index (χ1v) is 15.7. The Morgan fingerprint density at radius 2 is 1.94 bits per heavy atom. The van der Waals surface area contributed by atoms with Crippen molar-refractivity contribution in [1.82, 2.24) is 5.32 Å². The highest BCUT2D eigenvalue weighted by atomic mass is 35.5. The van der Waals surface area contributed by atoms with Gasteiger partial charge in [-0.15, -0.1) is 0 Å². The number of aliphatic imine (C=N–C) groups is 1. The number of benzene rings is 3. The number of hydrogen-bond donors (Lipinski definition) is 2. The zero-order valence-electron chi connectivity index (χ0n) is 26.9. The first kappa shape index (κ1) is 35.4. The Bertz CT molecular complexity index is 1710. The maximum Gasteiger partial charge on any atom is 0.326 e. The minimum atomic E-state index is -1.03. The molecule has 0 aromatic heterocycles. The molecule has 8 nitrogen and oxygen atoms in total. The molecule has 0 unspecified atom stereocenters. The Morgan fingerprint density at radius 1 is 1.19 bits per heavy atom. The van der Waals surface area contributed by atoms with Crippen molar-refractivity contribution < 1.29 is 28.5 Å². The highest BCUT2D eigenvalue weighted by molar-refractivity contribution is 6.32. The molecule has 246 valence electrons. The van der Waals surface area contributed by atoms with Gasteiger partial charge in [-0.25, -0.2) is 4.39 Å². The Balaban J connectivity index is 1.66. The van der Waals surface area contributed by atoms with Crippen molar-refractivity contribution in [2.45, 2.75) is 71.4 Å². The van der Waals surface area contributed by atoms with Crippen molar-refractivity contribution in [2.75, 3.05) is 6.61 Å². The molecular formula is C37H39ClFN3O5. The number of carbonyl (C=O) groups excluding carboxylic acids is 1. The molecule has 0 aliphatic heterocycles. The molecule has 1 aliphatic rings. The molecule has 10 heteroatoms. The van der Waals surface area contributed by atoms with Gasteiger partial charge < -0.3 is 19.3 Å². The van der Waals surface area contributed by atoms with Crippen LogP contribution >= 0.6 is 11.6 Å². The molecule has 0 spiro atoms. The molecule has 3 aromatic carbocycles. The van der Waals surface area contributed by atoms with E-state index in [-0.39, 0.29) is 31.2 Å². The summed E-state index contributed by atoms with van der Waals surface area (Å²) in [4.78, 5) is 16.5. The van der Waals surface area contributed by atoms with Gasteiger partial charge in [0, 0.05) is 41.1 Å². The summed E-state index contributed by atoms with van der Waals surface area (Å²) in [6, 6.07) is 17.0. The normalized spacial score (nSPS) is 15.9. The first-order chi connectivity index (χ1) is 22.5. The number of nitriles is 1. The van der Waals surface area contributed by atoms with Crippen LogP contribution in [0, 0.1) is 17.1 Å². The molecule has 1 aliphatic carbocycles. The van der Waals surface area contributed by atoms with Crippen LogP contribution in [0.5, 0.6) is 11.5 Å². The number of aliphatic hydroxyl groups excluding tert-OH is 1. The minimum Gasteiger partial charge on any atom is -0.488 e. The maximum atomic E-state index is 14.7. The van der Waals surface area contributed by atoms with Gasteiger partial charge in [-0.3, -0.25) is 15.1 Å². The molecule has 0 saturated heterocycles. The van der Waals surface area contributed by atoms with Crippen LogP contribution in [0.3, 0.4) is 0 Å². The number of carbonyl (C=O) groups is 1. The Morgan fingerprint density at radius 3 is 2.62 bits per heavy atom. The van der Waals surface area contributed by atoms with E-state index in [1.807, 2.05) is 24.3 Å². The van der Waals surface area contributed by atoms with Crippen molar-refractivity contribution >= 4 is 24.3 Å². The summed E-state index contributed by atoms with van der Waals surface area (Å²) in [6.07, 6.45) is 2.79. The van der Waals surface area contributed by atoms with Gasteiger partial charge in [0.15, 0.2) is 0 Å². The van der Waals surface area contributed by atoms with Crippen molar-refractivity contribution in [1.29, 1.82) is 5.26 Å². The number of nitrogens with zero attached hydrogens (tertiary/aromatic N) is 2. The molecule has 3 atom stereocenters. The van der Waals surface area contributed by atoms with Crippen molar-refractivity contribution in [3.05, 3.63) is 106 Å². The second-order valence-electron chi connectivity index (χ2n) is 11.6. The Kier molecular flexibility index (Phi) is 12.3. The molecule has 2 N–H and O–H groups in total. The average molecular weight is 660 g/mol. The number of halogens is 2. The molecular weight excluding hydrogens is 621 g/mol. The third-order valence-electron chi connectivity index (χ3n) is 7.59. The van der Waals surface area contributed by atoms with Gasteiger partial charge in [0.05, 0.1) is 23.3 Å². The van der Waals surface area contributed by atoms with Crippen LogP contribution in [0.25, 0.3) is 11.1 Å². The lowest BCUT2D eigenvalue weighted by molar-refractivity contribution is -0.152. The smallest absolute Gasteiger partial charge is 0.326 e. The topological polar surface area (TPSA) is 113 Å². The van der Waals surface area contributed by atoms with Crippen molar-refractivity contribution in [3.63, 3.8) is 0 Å². The largest absolute Gasteiger partial charge is 0.488 e. The van der Waals surface area contributed by atoms with E-state index >= 15 is 0 Å². The van der Waals surface area contributed by atoms with Gasteiger partial charge in [-0.2, -0.15) is 5.26 Å². The molecule has 0 heterocycles. The zero-order valence-corrected chi connectivity index (χ0v) is 27.7. The summed E-state index contributed by atoms with van der Waals surface area (Å²) in [6.45, 7) is 10.3. The zero-order chi connectivity index (χ0) is 34.1. The third-order valence-corrected chi connectivity index (χ3v) is 7.89. The standard InChI is InChI=1S/C37H39ClFN3O5/c1-22(2)46-37(44)36(24(4)43)42-20-26-16-31(38)35(17-34(26)45-21-25(19-41-5)15-23(3)18-40)47-33-14-13-28-27(10-8-11-30(28)33)29-9-6-7-12-32(29)39/h6-12,15-17,19,22,24,33,36,42-43H,5,13-14,20-21H2,1-4H3/b23-15+,25-19+/t24-,33+,36+/m1/s1. The van der Waals surface area contributed by atoms with Crippen molar-refractivity contribution in [2.24, 2.45) is 4.99 Å². The number of esters is 1. The van der Waals surface area contributed by atoms with E-state index in [0.29, 0.717) is 51.6 Å². The van der Waals surface area contributed by atoms with Crippen LogP contribution in [0.2, 0.25) is 5.02 Å². The Labute approximate surface area is 280 Å². The fraction of sp³-hybridized carbons (Fsp3) is 0.324. The van der Waals surface area contributed by atoms with Crippen LogP contribution in [-0.2, 0) is 22.5 Å². The van der Waals surface area contributed by atoms with Crippen molar-refractivity contribution in [3.8, 4) is 28.7 Å². The molecule has 47 heavy (non-hydrogen) atoms. The van der Waals surface area contributed by atoms with Crippen LogP contribution < -0.4 is 14.8 Å². The lowest BCUT2D eigenvalue weighted by Crippen LogP contribution is -2.46. The van der Waals surface area contributed by atoms with Gasteiger partial charge in [0.1, 0.15) is 36.1 Å². The molecule has 0 bridgehead atoms. The quantitative estimate of drug-likeness (QED) is 0.0801. The molecule has 0 saturated carbocycles. The third kappa shape index (κ3) is 9.07. The second-order valence-corrected chi connectivity index (χ2v) is 12.0. The highest BCUT2D eigenvalue weighted by Gasteiger charge is 2.29. The minimum absolute atomic E-state index is 0.0413. The van der Waals surface area contributed by atoms with E-state index in [2.05, 4.69) is 23.1 Å². The van der Waals surface area contributed by atoms with Gasteiger partial charge in [0.2, 0.25) is 0 Å². The lowest BCUT2D eigenvalue weighted by Gasteiger charge is -2.23. The SMILES string of the molecule is C=N/C=C(\C=C(/C)C#N)COc1cc(O[C@H]2CCc3c(-c4ccccc4F)cccc32)c(Cl)cc1CN[C@H](C(=O)OC(C)C)[C@@H](C)O. The number of nitrogens with one attached hydrogen (secondary N) is 1. The second kappa shape index (κ2) is 16.4. The number of rotatable bonds is 14. The molecule has 0 fully saturated rings. The van der Waals surface area contributed by atoms with Gasteiger partial charge in [-0.1, -0.05) is 48.0 Å². The summed E-state index contributed by atoms with van der Waals surface area (Å²) < 4.78 is 32.7. The molecule has 3 aromatic rings. The van der Waals surface area contributed by atoms with Gasteiger partial charge in [0.25, 0.3) is 0 Å². The van der Waals surface area contributed by atoms with E-state index in [0.717, 1.165) is 16.7 Å². The lowest BCUT2D eigenvalue weighted by atomic mass is 9.96. The maximum absolute atomic E-state index is 14.7. The average Bonchev–Trinajstić information content (AvgIpc) is 3.44. The molecule has 0 amide bonds. The summed E-state index contributed by atoms with van der Waals surface area (Å²) in [5.41, 5.74) is 5.01. The van der Waals surface area contributed by atoms with Crippen LogP contribution in [0.4, 0.5) is 4.39 Å². The summed E-state index contributed by atoms with van der Waals surface area (Å²) in [7, 11) is 0. The van der Waals surface area contributed by atoms with Crippen LogP contribution in [-0.4, -0.2) is 42.7 Å². The monoisotopic (exact) mass is 659 g/mol. The van der Waals surface area contributed by atoms with Crippen LogP contribution in [0.15, 0.2) is 83.0 Å². The highest BCUT2D eigenvalue weighted by Crippen LogP contribution is 2.43. The number of aliphatic hydroxyl groups is 1. The summed E-state index contributed by atoms with van der Waals surface area (Å²) >= 11 is 6.79. The van der Waals surface area contributed by atoms with E-state index < -0.39 is 18.1 Å². The summed E-state index contributed by atoms with van der Waals surface area (Å²) in [5.74, 6) is -0.0937. The van der Waals surface area contributed by atoms with Crippen LogP contribution in [0.1, 0.15) is 56.9 Å². The fourth-order valence-electron chi connectivity index (χ4n) is 5.44. The van der Waals surface area contributed by atoms with Gasteiger partial charge >= 0.3 is 5.97 Å².